The molecule has 0 N–H and O–H groups in total. The van der Waals surface area contributed by atoms with Gasteiger partial charge in [-0.05, 0) is 73.0 Å². The van der Waals surface area contributed by atoms with Crippen LogP contribution < -0.4 is 0 Å². The first-order valence-electron chi connectivity index (χ1n) is 9.74. The molecule has 2 aliphatic rings. The Morgan fingerprint density at radius 2 is 2.07 bits per heavy atom. The van der Waals surface area contributed by atoms with Gasteiger partial charge in [0.1, 0.15) is 0 Å². The van der Waals surface area contributed by atoms with Gasteiger partial charge in [-0.2, -0.15) is 16.4 Å². The molecule has 3 heterocycles. The van der Waals surface area contributed by atoms with Crippen LogP contribution in [0, 0.1) is 6.92 Å². The van der Waals surface area contributed by atoms with Gasteiger partial charge >= 0.3 is 0 Å². The second kappa shape index (κ2) is 6.64. The fourth-order valence-corrected chi connectivity index (χ4v) is 5.27. The van der Waals surface area contributed by atoms with Crippen molar-refractivity contribution in [3.8, 4) is 5.69 Å². The molecule has 1 amide bonds. The highest BCUT2D eigenvalue weighted by Gasteiger charge is 2.35. The topological polar surface area (TPSA) is 38.1 Å². The standard InChI is InChI=1S/C22H23N3OS/c1-15-6-2-3-8-18(15)25-20-9-4-7-17(20)21(23-25)22(26)24-12-5-10-19(24)16-11-13-27-14-16/h2-3,6,8,11,13-14,19H,4-5,7,9-10,12H2,1H3. The van der Waals surface area contributed by atoms with E-state index in [0.29, 0.717) is 5.69 Å². The van der Waals surface area contributed by atoms with Crippen LogP contribution in [0.2, 0.25) is 0 Å². The third-order valence-corrected chi connectivity index (χ3v) is 6.62. The molecular formula is C22H23N3OS. The maximum Gasteiger partial charge on any atom is 0.275 e. The number of likely N-dealkylation sites (tertiary alicyclic amines) is 1. The molecule has 1 aromatic carbocycles. The minimum atomic E-state index is 0.106. The first kappa shape index (κ1) is 16.8. The van der Waals surface area contributed by atoms with E-state index in [-0.39, 0.29) is 11.9 Å². The minimum absolute atomic E-state index is 0.106. The Morgan fingerprint density at radius 1 is 1.19 bits per heavy atom. The van der Waals surface area contributed by atoms with E-state index in [1.807, 2.05) is 21.7 Å². The Labute approximate surface area is 163 Å². The normalized spacial score (nSPS) is 18.9. The van der Waals surface area contributed by atoms with E-state index >= 15 is 0 Å². The molecule has 5 rings (SSSR count). The van der Waals surface area contributed by atoms with Crippen molar-refractivity contribution >= 4 is 17.2 Å². The molecule has 1 aliphatic carbocycles. The Bertz CT molecular complexity index is 989. The van der Waals surface area contributed by atoms with Gasteiger partial charge in [-0.15, -0.1) is 0 Å². The Kier molecular flexibility index (Phi) is 4.12. The highest BCUT2D eigenvalue weighted by Crippen LogP contribution is 2.36. The number of nitrogens with zero attached hydrogens (tertiary/aromatic N) is 3. The summed E-state index contributed by atoms with van der Waals surface area (Å²) in [6.45, 7) is 2.93. The van der Waals surface area contributed by atoms with E-state index in [1.54, 1.807) is 11.3 Å². The Balaban J connectivity index is 1.55. The molecule has 4 nitrogen and oxygen atoms in total. The third-order valence-electron chi connectivity index (χ3n) is 5.92. The molecule has 5 heteroatoms. The van der Waals surface area contributed by atoms with Gasteiger partial charge in [-0.1, -0.05) is 18.2 Å². The summed E-state index contributed by atoms with van der Waals surface area (Å²) < 4.78 is 2.03. The van der Waals surface area contributed by atoms with Crippen molar-refractivity contribution in [3.63, 3.8) is 0 Å². The number of aromatic nitrogens is 2. The fourth-order valence-electron chi connectivity index (χ4n) is 4.57. The van der Waals surface area contributed by atoms with E-state index in [4.69, 9.17) is 5.10 Å². The van der Waals surface area contributed by atoms with E-state index in [2.05, 4.69) is 35.9 Å². The van der Waals surface area contributed by atoms with Crippen LogP contribution in [0.5, 0.6) is 0 Å². The van der Waals surface area contributed by atoms with Gasteiger partial charge in [-0.25, -0.2) is 4.68 Å². The van der Waals surface area contributed by atoms with Gasteiger partial charge in [0.25, 0.3) is 5.91 Å². The van der Waals surface area contributed by atoms with Crippen molar-refractivity contribution in [1.82, 2.24) is 14.7 Å². The zero-order valence-electron chi connectivity index (χ0n) is 15.5. The number of carbonyl (C=O) groups excluding carboxylic acids is 1. The number of carbonyl (C=O) groups is 1. The molecule has 3 aromatic rings. The van der Waals surface area contributed by atoms with Crippen molar-refractivity contribution in [2.24, 2.45) is 0 Å². The molecule has 1 saturated heterocycles. The number of amides is 1. The van der Waals surface area contributed by atoms with E-state index in [9.17, 15) is 4.79 Å². The second-order valence-corrected chi connectivity index (χ2v) is 8.32. The first-order valence-corrected chi connectivity index (χ1v) is 10.7. The van der Waals surface area contributed by atoms with Crippen molar-refractivity contribution in [2.45, 2.75) is 45.1 Å². The maximum atomic E-state index is 13.5. The van der Waals surface area contributed by atoms with Crippen LogP contribution >= 0.6 is 11.3 Å². The van der Waals surface area contributed by atoms with Gasteiger partial charge in [0.05, 0.1) is 11.7 Å². The summed E-state index contributed by atoms with van der Waals surface area (Å²) in [6, 6.07) is 10.6. The number of thiophene rings is 1. The molecule has 0 radical (unpaired) electrons. The average molecular weight is 378 g/mol. The van der Waals surface area contributed by atoms with Gasteiger partial charge in [-0.3, -0.25) is 4.79 Å². The lowest BCUT2D eigenvalue weighted by molar-refractivity contribution is 0.0728. The summed E-state index contributed by atoms with van der Waals surface area (Å²) in [5.74, 6) is 0.106. The lowest BCUT2D eigenvalue weighted by Crippen LogP contribution is -2.31. The first-order chi connectivity index (χ1) is 13.2. The summed E-state index contributed by atoms with van der Waals surface area (Å²) in [7, 11) is 0. The number of rotatable bonds is 3. The van der Waals surface area contributed by atoms with Gasteiger partial charge < -0.3 is 4.90 Å². The zero-order valence-corrected chi connectivity index (χ0v) is 16.3. The van der Waals surface area contributed by atoms with Crippen LogP contribution in [0.3, 0.4) is 0 Å². The monoisotopic (exact) mass is 377 g/mol. The number of para-hydroxylation sites is 1. The van der Waals surface area contributed by atoms with Crippen molar-refractivity contribution < 1.29 is 4.79 Å². The molecule has 1 unspecified atom stereocenters. The van der Waals surface area contributed by atoms with Crippen molar-refractivity contribution in [1.29, 1.82) is 0 Å². The second-order valence-electron chi connectivity index (χ2n) is 7.54. The average Bonchev–Trinajstić information content (AvgIpc) is 3.45. The number of hydrogen-bond acceptors (Lipinski definition) is 3. The smallest absolute Gasteiger partial charge is 0.275 e. The Hall–Kier alpha value is -2.40. The molecule has 1 atom stereocenters. The molecule has 138 valence electrons. The SMILES string of the molecule is Cc1ccccc1-n1nc(C(=O)N2CCCC2c2ccsc2)c2c1CCC2. The zero-order chi connectivity index (χ0) is 18.4. The van der Waals surface area contributed by atoms with Crippen LogP contribution in [0.25, 0.3) is 5.69 Å². The summed E-state index contributed by atoms with van der Waals surface area (Å²) in [5, 5.41) is 9.12. The Morgan fingerprint density at radius 3 is 2.89 bits per heavy atom. The van der Waals surface area contributed by atoms with Crippen LogP contribution in [0.1, 0.15) is 58.2 Å². The predicted molar refractivity (Wildman–Crippen MR) is 108 cm³/mol. The highest BCUT2D eigenvalue weighted by atomic mass is 32.1. The van der Waals surface area contributed by atoms with Crippen LogP contribution in [-0.2, 0) is 12.8 Å². The van der Waals surface area contributed by atoms with Crippen LogP contribution in [0.4, 0.5) is 0 Å². The van der Waals surface area contributed by atoms with Gasteiger partial charge in [0.15, 0.2) is 5.69 Å². The van der Waals surface area contributed by atoms with Crippen LogP contribution in [-0.4, -0.2) is 27.1 Å². The molecule has 0 spiro atoms. The van der Waals surface area contributed by atoms with E-state index in [0.717, 1.165) is 44.3 Å². The molecule has 1 aliphatic heterocycles. The predicted octanol–water partition coefficient (Wildman–Crippen LogP) is 4.71. The molecule has 0 saturated carbocycles. The van der Waals surface area contributed by atoms with Gasteiger partial charge in [0.2, 0.25) is 0 Å². The van der Waals surface area contributed by atoms with Gasteiger partial charge in [0, 0.05) is 17.8 Å². The quantitative estimate of drug-likeness (QED) is 0.663. The highest BCUT2D eigenvalue weighted by molar-refractivity contribution is 7.08. The van der Waals surface area contributed by atoms with E-state index < -0.39 is 0 Å². The largest absolute Gasteiger partial charge is 0.330 e. The molecule has 2 aromatic heterocycles. The van der Waals surface area contributed by atoms with Crippen LogP contribution in [0.15, 0.2) is 41.1 Å². The maximum absolute atomic E-state index is 13.5. The number of hydrogen-bond donors (Lipinski definition) is 0. The number of fused-ring (bicyclic) bond motifs is 1. The number of aryl methyl sites for hydroxylation is 1. The fraction of sp³-hybridized carbons (Fsp3) is 0.364. The molecular weight excluding hydrogens is 354 g/mol. The van der Waals surface area contributed by atoms with Crippen molar-refractivity contribution in [2.75, 3.05) is 6.54 Å². The summed E-state index contributed by atoms with van der Waals surface area (Å²) in [6.07, 6.45) is 5.17. The summed E-state index contributed by atoms with van der Waals surface area (Å²) >= 11 is 1.70. The lowest BCUT2D eigenvalue weighted by atomic mass is 10.1. The third kappa shape index (κ3) is 2.72. The van der Waals surface area contributed by atoms with Crippen molar-refractivity contribution in [3.05, 3.63) is 69.2 Å². The molecule has 0 bridgehead atoms. The number of benzene rings is 1. The molecule has 27 heavy (non-hydrogen) atoms. The summed E-state index contributed by atoms with van der Waals surface area (Å²) in [4.78, 5) is 15.5. The molecule has 1 fully saturated rings. The lowest BCUT2D eigenvalue weighted by Gasteiger charge is -2.23. The minimum Gasteiger partial charge on any atom is -0.330 e. The summed E-state index contributed by atoms with van der Waals surface area (Å²) in [5.41, 5.74) is 6.60. The van der Waals surface area contributed by atoms with E-state index in [1.165, 1.54) is 22.4 Å².